The first kappa shape index (κ1) is 10.3. The maximum absolute atomic E-state index is 6.13. The Labute approximate surface area is 95.5 Å². The predicted molar refractivity (Wildman–Crippen MR) is 65.1 cm³/mol. The van der Waals surface area contributed by atoms with E-state index >= 15 is 0 Å². The fraction of sp³-hybridized carbons (Fsp3) is 0.0714. The van der Waals surface area contributed by atoms with Gasteiger partial charge in [-0.1, -0.05) is 60.1 Å². The number of hydrogen-bond donors (Lipinski definition) is 0. The quantitative estimate of drug-likeness (QED) is 0.701. The minimum Gasteiger partial charge on any atom is -0.0840 e. The van der Waals surface area contributed by atoms with Crippen molar-refractivity contribution in [3.8, 4) is 0 Å². The van der Waals surface area contributed by atoms with Crippen molar-refractivity contribution in [3.05, 3.63) is 77.7 Å². The third-order valence-corrected chi connectivity index (χ3v) is 2.83. The van der Waals surface area contributed by atoms with Gasteiger partial charge in [0.25, 0.3) is 0 Å². The number of halogens is 1. The SMILES string of the molecule is [CH2]C(c1ccccc1)c1ccccc1Cl. The minimum absolute atomic E-state index is 0.0971. The van der Waals surface area contributed by atoms with E-state index in [0.717, 1.165) is 10.6 Å². The summed E-state index contributed by atoms with van der Waals surface area (Å²) in [6.45, 7) is 4.15. The van der Waals surface area contributed by atoms with Gasteiger partial charge in [-0.15, -0.1) is 0 Å². The first-order valence-electron chi connectivity index (χ1n) is 4.91. The molecular weight excluding hydrogens is 204 g/mol. The van der Waals surface area contributed by atoms with Gasteiger partial charge in [-0.3, -0.25) is 0 Å². The summed E-state index contributed by atoms with van der Waals surface area (Å²) in [5.74, 6) is 0.0971. The monoisotopic (exact) mass is 215 g/mol. The molecule has 0 heterocycles. The van der Waals surface area contributed by atoms with Gasteiger partial charge in [-0.25, -0.2) is 0 Å². The Morgan fingerprint density at radius 1 is 0.867 bits per heavy atom. The zero-order valence-corrected chi connectivity index (χ0v) is 9.11. The molecule has 0 aliphatic rings. The van der Waals surface area contributed by atoms with Crippen molar-refractivity contribution in [1.29, 1.82) is 0 Å². The molecule has 0 amide bonds. The highest BCUT2D eigenvalue weighted by molar-refractivity contribution is 6.31. The highest BCUT2D eigenvalue weighted by Gasteiger charge is 2.10. The van der Waals surface area contributed by atoms with Crippen LogP contribution in [-0.4, -0.2) is 0 Å². The molecule has 0 bridgehead atoms. The second-order valence-corrected chi connectivity index (χ2v) is 3.89. The van der Waals surface area contributed by atoms with Gasteiger partial charge in [-0.2, -0.15) is 0 Å². The van der Waals surface area contributed by atoms with Gasteiger partial charge in [0, 0.05) is 10.9 Å². The van der Waals surface area contributed by atoms with Gasteiger partial charge >= 0.3 is 0 Å². The summed E-state index contributed by atoms with van der Waals surface area (Å²) < 4.78 is 0. The molecule has 0 nitrogen and oxygen atoms in total. The zero-order chi connectivity index (χ0) is 10.7. The van der Waals surface area contributed by atoms with Crippen molar-refractivity contribution in [2.24, 2.45) is 0 Å². The van der Waals surface area contributed by atoms with Crippen molar-refractivity contribution in [3.63, 3.8) is 0 Å². The lowest BCUT2D eigenvalue weighted by molar-refractivity contribution is 1.02. The van der Waals surface area contributed by atoms with Crippen LogP contribution in [0.5, 0.6) is 0 Å². The molecule has 0 fully saturated rings. The van der Waals surface area contributed by atoms with E-state index in [4.69, 9.17) is 11.6 Å². The lowest BCUT2D eigenvalue weighted by atomic mass is 9.93. The molecule has 75 valence electrons. The highest BCUT2D eigenvalue weighted by atomic mass is 35.5. The molecule has 0 saturated carbocycles. The Kier molecular flexibility index (Phi) is 3.08. The van der Waals surface area contributed by atoms with Gasteiger partial charge in [0.1, 0.15) is 0 Å². The predicted octanol–water partition coefficient (Wildman–Crippen LogP) is 4.31. The Morgan fingerprint density at radius 2 is 1.47 bits per heavy atom. The van der Waals surface area contributed by atoms with Crippen LogP contribution in [0.2, 0.25) is 5.02 Å². The Bertz CT molecular complexity index is 434. The topological polar surface area (TPSA) is 0 Å². The van der Waals surface area contributed by atoms with Crippen LogP contribution < -0.4 is 0 Å². The van der Waals surface area contributed by atoms with E-state index in [1.54, 1.807) is 0 Å². The largest absolute Gasteiger partial charge is 0.0840 e. The van der Waals surface area contributed by atoms with Crippen LogP contribution in [0.25, 0.3) is 0 Å². The van der Waals surface area contributed by atoms with E-state index in [1.807, 2.05) is 42.5 Å². The van der Waals surface area contributed by atoms with Gasteiger partial charge in [0.2, 0.25) is 0 Å². The van der Waals surface area contributed by atoms with Crippen LogP contribution in [0.1, 0.15) is 17.0 Å². The summed E-state index contributed by atoms with van der Waals surface area (Å²) in [6.07, 6.45) is 0. The summed E-state index contributed by atoms with van der Waals surface area (Å²) in [5.41, 5.74) is 2.26. The van der Waals surface area contributed by atoms with E-state index in [2.05, 4.69) is 19.1 Å². The lowest BCUT2D eigenvalue weighted by Gasteiger charge is -2.13. The fourth-order valence-electron chi connectivity index (χ4n) is 1.62. The summed E-state index contributed by atoms with van der Waals surface area (Å²) in [4.78, 5) is 0. The molecule has 1 atom stereocenters. The van der Waals surface area contributed by atoms with Crippen molar-refractivity contribution < 1.29 is 0 Å². The summed E-state index contributed by atoms with van der Waals surface area (Å²) in [7, 11) is 0. The molecule has 1 unspecified atom stereocenters. The average Bonchev–Trinajstić information content (AvgIpc) is 2.30. The first-order chi connectivity index (χ1) is 7.29. The molecule has 1 heteroatoms. The molecule has 0 aromatic heterocycles. The smallest absolute Gasteiger partial charge is 0.0444 e. The molecule has 0 saturated heterocycles. The van der Waals surface area contributed by atoms with E-state index in [-0.39, 0.29) is 5.92 Å². The summed E-state index contributed by atoms with van der Waals surface area (Å²) >= 11 is 6.13. The van der Waals surface area contributed by atoms with Gasteiger partial charge < -0.3 is 0 Å². The third kappa shape index (κ3) is 2.21. The Morgan fingerprint density at radius 3 is 2.13 bits per heavy atom. The van der Waals surface area contributed by atoms with Crippen molar-refractivity contribution in [1.82, 2.24) is 0 Å². The molecule has 0 aliphatic carbocycles. The van der Waals surface area contributed by atoms with Crippen LogP contribution in [0.3, 0.4) is 0 Å². The van der Waals surface area contributed by atoms with Crippen LogP contribution >= 0.6 is 11.6 Å². The lowest BCUT2D eigenvalue weighted by Crippen LogP contribution is -1.96. The summed E-state index contributed by atoms with van der Waals surface area (Å²) in [6, 6.07) is 18.0. The summed E-state index contributed by atoms with van der Waals surface area (Å²) in [5, 5.41) is 0.779. The maximum atomic E-state index is 6.13. The van der Waals surface area contributed by atoms with E-state index in [1.165, 1.54) is 5.56 Å². The van der Waals surface area contributed by atoms with Gasteiger partial charge in [0.05, 0.1) is 0 Å². The molecule has 2 aromatic rings. The minimum atomic E-state index is 0.0971. The van der Waals surface area contributed by atoms with E-state index in [0.29, 0.717) is 0 Å². The van der Waals surface area contributed by atoms with E-state index in [9.17, 15) is 0 Å². The van der Waals surface area contributed by atoms with Gasteiger partial charge in [0.15, 0.2) is 0 Å². The fourth-order valence-corrected chi connectivity index (χ4v) is 1.89. The molecule has 2 aromatic carbocycles. The number of rotatable bonds is 2. The van der Waals surface area contributed by atoms with Crippen LogP contribution in [0.15, 0.2) is 54.6 Å². The molecule has 2 rings (SSSR count). The Balaban J connectivity index is 2.37. The number of hydrogen-bond acceptors (Lipinski definition) is 0. The molecule has 15 heavy (non-hydrogen) atoms. The van der Waals surface area contributed by atoms with Crippen molar-refractivity contribution in [2.75, 3.05) is 0 Å². The third-order valence-electron chi connectivity index (χ3n) is 2.48. The van der Waals surface area contributed by atoms with Crippen molar-refractivity contribution >= 4 is 11.6 Å². The Hall–Kier alpha value is -1.27. The second kappa shape index (κ2) is 4.50. The zero-order valence-electron chi connectivity index (χ0n) is 8.36. The average molecular weight is 216 g/mol. The number of benzene rings is 2. The maximum Gasteiger partial charge on any atom is 0.0444 e. The molecule has 0 aliphatic heterocycles. The van der Waals surface area contributed by atoms with Crippen LogP contribution in [0.4, 0.5) is 0 Å². The van der Waals surface area contributed by atoms with Crippen LogP contribution in [-0.2, 0) is 0 Å². The van der Waals surface area contributed by atoms with Gasteiger partial charge in [-0.05, 0) is 24.1 Å². The molecule has 1 radical (unpaired) electrons. The molecular formula is C14H12Cl. The second-order valence-electron chi connectivity index (χ2n) is 3.48. The van der Waals surface area contributed by atoms with E-state index < -0.39 is 0 Å². The standard InChI is InChI=1S/C14H12Cl/c1-11(12-7-3-2-4-8-12)13-9-5-6-10-14(13)15/h2-11H,1H2. The molecule has 0 N–H and O–H groups in total. The normalized spacial score (nSPS) is 12.4. The first-order valence-corrected chi connectivity index (χ1v) is 5.29. The van der Waals surface area contributed by atoms with Crippen molar-refractivity contribution in [2.45, 2.75) is 5.92 Å². The highest BCUT2D eigenvalue weighted by Crippen LogP contribution is 2.28. The van der Waals surface area contributed by atoms with Crippen LogP contribution in [0, 0.1) is 6.92 Å². The molecule has 0 spiro atoms.